The van der Waals surface area contributed by atoms with E-state index in [4.69, 9.17) is 16.3 Å². The molecule has 3 rings (SSSR count). The van der Waals surface area contributed by atoms with Gasteiger partial charge in [-0.2, -0.15) is 0 Å². The second-order valence-corrected chi connectivity index (χ2v) is 5.51. The summed E-state index contributed by atoms with van der Waals surface area (Å²) < 4.78 is 7.37. The highest BCUT2D eigenvalue weighted by Crippen LogP contribution is 2.26. The molecule has 0 bridgehead atoms. The number of aryl methyl sites for hydroxylation is 1. The van der Waals surface area contributed by atoms with Gasteiger partial charge in [-0.05, 0) is 31.0 Å². The maximum atomic E-state index is 12.3. The van der Waals surface area contributed by atoms with E-state index in [-0.39, 0.29) is 12.0 Å². The van der Waals surface area contributed by atoms with Gasteiger partial charge in [0.25, 0.3) is 5.91 Å². The molecule has 1 unspecified atom stereocenters. The van der Waals surface area contributed by atoms with Crippen molar-refractivity contribution in [3.63, 3.8) is 0 Å². The van der Waals surface area contributed by atoms with Crippen LogP contribution in [0.15, 0.2) is 24.3 Å². The number of benzene rings is 1. The summed E-state index contributed by atoms with van der Waals surface area (Å²) in [5.41, 5.74) is 1.57. The Morgan fingerprint density at radius 2 is 2.40 bits per heavy atom. The Hall–Kier alpha value is -1.52. The molecule has 1 aromatic carbocycles. The van der Waals surface area contributed by atoms with Crippen LogP contribution in [0.1, 0.15) is 23.3 Å². The van der Waals surface area contributed by atoms with Gasteiger partial charge in [-0.1, -0.05) is 17.7 Å². The third kappa shape index (κ3) is 2.41. The molecule has 1 saturated heterocycles. The van der Waals surface area contributed by atoms with Gasteiger partial charge in [0, 0.05) is 36.1 Å². The summed E-state index contributed by atoms with van der Waals surface area (Å²) in [6.07, 6.45) is 2.24. The summed E-state index contributed by atoms with van der Waals surface area (Å²) in [6.45, 7) is 1.36. The van der Waals surface area contributed by atoms with E-state index in [1.165, 1.54) is 0 Å². The number of carbonyl (C=O) groups excluding carboxylic acids is 1. The van der Waals surface area contributed by atoms with E-state index in [1.54, 1.807) is 0 Å². The lowest BCUT2D eigenvalue weighted by Crippen LogP contribution is -2.32. The molecule has 1 amide bonds. The topological polar surface area (TPSA) is 43.3 Å². The molecule has 20 heavy (non-hydrogen) atoms. The molecule has 1 aliphatic heterocycles. The summed E-state index contributed by atoms with van der Waals surface area (Å²) in [7, 11) is 1.87. The van der Waals surface area contributed by atoms with Crippen LogP contribution in [-0.4, -0.2) is 29.7 Å². The van der Waals surface area contributed by atoms with Crippen LogP contribution in [0.5, 0.6) is 0 Å². The van der Waals surface area contributed by atoms with Gasteiger partial charge in [0.2, 0.25) is 0 Å². The molecule has 5 heteroatoms. The van der Waals surface area contributed by atoms with Gasteiger partial charge in [-0.15, -0.1) is 0 Å². The number of nitrogens with zero attached hydrogens (tertiary/aromatic N) is 1. The molecule has 1 aromatic heterocycles. The summed E-state index contributed by atoms with van der Waals surface area (Å²) in [5, 5.41) is 4.50. The zero-order valence-electron chi connectivity index (χ0n) is 11.4. The lowest BCUT2D eigenvalue weighted by atomic mass is 10.2. The van der Waals surface area contributed by atoms with Crippen molar-refractivity contribution in [1.29, 1.82) is 0 Å². The molecular weight excluding hydrogens is 276 g/mol. The molecule has 0 radical (unpaired) electrons. The van der Waals surface area contributed by atoms with Gasteiger partial charge < -0.3 is 14.6 Å². The molecule has 0 spiro atoms. The minimum Gasteiger partial charge on any atom is -0.376 e. The van der Waals surface area contributed by atoms with Crippen LogP contribution in [0.2, 0.25) is 5.02 Å². The minimum absolute atomic E-state index is 0.0877. The Bertz CT molecular complexity index is 645. The molecule has 1 fully saturated rings. The lowest BCUT2D eigenvalue weighted by Gasteiger charge is -2.11. The first-order valence-electron chi connectivity index (χ1n) is 6.80. The fraction of sp³-hybridized carbons (Fsp3) is 0.400. The highest BCUT2D eigenvalue weighted by molar-refractivity contribution is 6.35. The normalized spacial score (nSPS) is 18.6. The van der Waals surface area contributed by atoms with Crippen molar-refractivity contribution in [2.75, 3.05) is 13.2 Å². The lowest BCUT2D eigenvalue weighted by molar-refractivity contribution is 0.0851. The van der Waals surface area contributed by atoms with Crippen LogP contribution < -0.4 is 5.32 Å². The van der Waals surface area contributed by atoms with E-state index in [1.807, 2.05) is 35.9 Å². The SMILES string of the molecule is Cn1c(C(=O)NCC2CCCO2)cc2c(Cl)cccc21. The number of hydrogen-bond donors (Lipinski definition) is 1. The third-order valence-electron chi connectivity index (χ3n) is 3.78. The fourth-order valence-corrected chi connectivity index (χ4v) is 2.87. The number of hydrogen-bond acceptors (Lipinski definition) is 2. The first-order valence-corrected chi connectivity index (χ1v) is 7.18. The highest BCUT2D eigenvalue weighted by atomic mass is 35.5. The molecule has 1 N–H and O–H groups in total. The highest BCUT2D eigenvalue weighted by Gasteiger charge is 2.19. The van der Waals surface area contributed by atoms with Gasteiger partial charge in [-0.3, -0.25) is 4.79 Å². The van der Waals surface area contributed by atoms with E-state index < -0.39 is 0 Å². The summed E-state index contributed by atoms with van der Waals surface area (Å²) in [4.78, 5) is 12.3. The first-order chi connectivity index (χ1) is 9.66. The number of aromatic nitrogens is 1. The van der Waals surface area contributed by atoms with Crippen molar-refractivity contribution in [2.24, 2.45) is 7.05 Å². The molecule has 2 heterocycles. The van der Waals surface area contributed by atoms with E-state index >= 15 is 0 Å². The minimum atomic E-state index is -0.0877. The fourth-order valence-electron chi connectivity index (χ4n) is 2.64. The number of rotatable bonds is 3. The summed E-state index contributed by atoms with van der Waals surface area (Å²) >= 11 is 6.16. The molecule has 2 aromatic rings. The quantitative estimate of drug-likeness (QED) is 0.945. The zero-order chi connectivity index (χ0) is 14.1. The van der Waals surface area contributed by atoms with Crippen LogP contribution in [0, 0.1) is 0 Å². The Morgan fingerprint density at radius 3 is 3.10 bits per heavy atom. The van der Waals surface area contributed by atoms with Crippen LogP contribution >= 0.6 is 11.6 Å². The van der Waals surface area contributed by atoms with E-state index in [2.05, 4.69) is 5.32 Å². The van der Waals surface area contributed by atoms with Gasteiger partial charge in [0.05, 0.1) is 6.10 Å². The molecule has 0 aliphatic carbocycles. The van der Waals surface area contributed by atoms with Crippen LogP contribution in [0.4, 0.5) is 0 Å². The van der Waals surface area contributed by atoms with Crippen molar-refractivity contribution in [2.45, 2.75) is 18.9 Å². The van der Waals surface area contributed by atoms with Crippen LogP contribution in [0.3, 0.4) is 0 Å². The molecule has 106 valence electrons. The molecule has 1 atom stereocenters. The van der Waals surface area contributed by atoms with Crippen molar-refractivity contribution < 1.29 is 9.53 Å². The predicted octanol–water partition coefficient (Wildman–Crippen LogP) is 2.74. The van der Waals surface area contributed by atoms with Gasteiger partial charge in [0.15, 0.2) is 0 Å². The van der Waals surface area contributed by atoms with Gasteiger partial charge in [-0.25, -0.2) is 0 Å². The number of fused-ring (bicyclic) bond motifs is 1. The van der Waals surface area contributed by atoms with E-state index in [9.17, 15) is 4.79 Å². The Kier molecular flexibility index (Phi) is 3.68. The second kappa shape index (κ2) is 5.46. The number of nitrogens with one attached hydrogen (secondary N) is 1. The number of ether oxygens (including phenoxy) is 1. The van der Waals surface area contributed by atoms with Crippen molar-refractivity contribution in [1.82, 2.24) is 9.88 Å². The molecule has 0 saturated carbocycles. The summed E-state index contributed by atoms with van der Waals surface area (Å²) in [5.74, 6) is -0.0877. The monoisotopic (exact) mass is 292 g/mol. The number of carbonyl (C=O) groups is 1. The summed E-state index contributed by atoms with van der Waals surface area (Å²) in [6, 6.07) is 7.51. The smallest absolute Gasteiger partial charge is 0.268 e. The van der Waals surface area contributed by atoms with E-state index in [0.717, 1.165) is 30.4 Å². The molecule has 4 nitrogen and oxygen atoms in total. The van der Waals surface area contributed by atoms with Crippen molar-refractivity contribution in [3.05, 3.63) is 35.0 Å². The second-order valence-electron chi connectivity index (χ2n) is 5.11. The maximum absolute atomic E-state index is 12.3. The third-order valence-corrected chi connectivity index (χ3v) is 4.11. The van der Waals surface area contributed by atoms with Crippen LogP contribution in [0.25, 0.3) is 10.9 Å². The molecule has 1 aliphatic rings. The predicted molar refractivity (Wildman–Crippen MR) is 79.2 cm³/mol. The zero-order valence-corrected chi connectivity index (χ0v) is 12.1. The number of amides is 1. The Labute approximate surface area is 122 Å². The van der Waals surface area contributed by atoms with E-state index in [0.29, 0.717) is 17.3 Å². The Balaban J connectivity index is 1.80. The average Bonchev–Trinajstić information content (AvgIpc) is 3.06. The van der Waals surface area contributed by atoms with Crippen molar-refractivity contribution in [3.8, 4) is 0 Å². The average molecular weight is 293 g/mol. The standard InChI is InChI=1S/C15H17ClN2O2/c1-18-13-6-2-5-12(16)11(13)8-14(18)15(19)17-9-10-4-3-7-20-10/h2,5-6,8,10H,3-4,7,9H2,1H3,(H,17,19). The van der Waals surface area contributed by atoms with Crippen molar-refractivity contribution >= 4 is 28.4 Å². The van der Waals surface area contributed by atoms with Gasteiger partial charge in [0.1, 0.15) is 5.69 Å². The van der Waals surface area contributed by atoms with Crippen LogP contribution in [-0.2, 0) is 11.8 Å². The maximum Gasteiger partial charge on any atom is 0.268 e. The van der Waals surface area contributed by atoms with Gasteiger partial charge >= 0.3 is 0 Å². The largest absolute Gasteiger partial charge is 0.376 e. The Morgan fingerprint density at radius 1 is 1.55 bits per heavy atom. The molecular formula is C15H17ClN2O2. The first kappa shape index (κ1) is 13.5. The number of halogens is 1.